The summed E-state index contributed by atoms with van der Waals surface area (Å²) in [6, 6.07) is 4.90. The molecule has 0 saturated heterocycles. The SMILES string of the molecule is CCOC(=O)CCCN(C(C)C)S(=O)(=O)c1cccc(C(=O)O)c1. The molecule has 1 aromatic carbocycles. The molecule has 24 heavy (non-hydrogen) atoms. The molecular formula is C16H23NO6S. The number of sulfonamides is 1. The Morgan fingerprint density at radius 1 is 1.29 bits per heavy atom. The molecule has 0 bridgehead atoms. The molecule has 0 atom stereocenters. The van der Waals surface area contributed by atoms with Crippen molar-refractivity contribution in [3.05, 3.63) is 29.8 Å². The zero-order valence-electron chi connectivity index (χ0n) is 14.1. The molecule has 8 heteroatoms. The molecule has 0 unspecified atom stereocenters. The number of carboxylic acids is 1. The van der Waals surface area contributed by atoms with Crippen LogP contribution in [0.2, 0.25) is 0 Å². The first-order valence-electron chi connectivity index (χ1n) is 7.71. The van der Waals surface area contributed by atoms with Crippen molar-refractivity contribution in [3.63, 3.8) is 0 Å². The van der Waals surface area contributed by atoms with E-state index in [1.807, 2.05) is 0 Å². The van der Waals surface area contributed by atoms with Crippen LogP contribution in [0, 0.1) is 0 Å². The van der Waals surface area contributed by atoms with E-state index in [2.05, 4.69) is 0 Å². The Bertz CT molecular complexity index is 684. The Hall–Kier alpha value is -1.93. The van der Waals surface area contributed by atoms with Gasteiger partial charge in [-0.25, -0.2) is 13.2 Å². The lowest BCUT2D eigenvalue weighted by Crippen LogP contribution is -2.38. The lowest BCUT2D eigenvalue weighted by molar-refractivity contribution is -0.143. The van der Waals surface area contributed by atoms with E-state index in [0.717, 1.165) is 6.07 Å². The summed E-state index contributed by atoms with van der Waals surface area (Å²) in [5.41, 5.74) is -0.0914. The van der Waals surface area contributed by atoms with Crippen LogP contribution in [-0.4, -0.2) is 49.0 Å². The number of hydrogen-bond donors (Lipinski definition) is 1. The molecule has 1 aromatic rings. The van der Waals surface area contributed by atoms with Gasteiger partial charge in [-0.2, -0.15) is 4.31 Å². The van der Waals surface area contributed by atoms with Gasteiger partial charge in [0.2, 0.25) is 10.0 Å². The van der Waals surface area contributed by atoms with E-state index < -0.39 is 16.0 Å². The van der Waals surface area contributed by atoms with E-state index in [9.17, 15) is 18.0 Å². The van der Waals surface area contributed by atoms with Gasteiger partial charge in [0, 0.05) is 19.0 Å². The average Bonchev–Trinajstić information content (AvgIpc) is 2.51. The summed E-state index contributed by atoms with van der Waals surface area (Å²) < 4.78 is 31.6. The van der Waals surface area contributed by atoms with E-state index in [1.165, 1.54) is 22.5 Å². The summed E-state index contributed by atoms with van der Waals surface area (Å²) in [4.78, 5) is 22.3. The number of aromatic carboxylic acids is 1. The minimum absolute atomic E-state index is 0.0766. The normalized spacial score (nSPS) is 11.7. The largest absolute Gasteiger partial charge is 0.478 e. The van der Waals surface area contributed by atoms with Crippen LogP contribution in [0.4, 0.5) is 0 Å². The molecular weight excluding hydrogens is 334 g/mol. The second-order valence-electron chi connectivity index (χ2n) is 5.45. The van der Waals surface area contributed by atoms with E-state index in [1.54, 1.807) is 20.8 Å². The third kappa shape index (κ3) is 5.31. The average molecular weight is 357 g/mol. The second-order valence-corrected chi connectivity index (χ2v) is 7.34. The topological polar surface area (TPSA) is 101 Å². The molecule has 0 aromatic heterocycles. The Labute approximate surface area is 142 Å². The van der Waals surface area contributed by atoms with E-state index in [0.29, 0.717) is 6.42 Å². The maximum atomic E-state index is 12.8. The fourth-order valence-electron chi connectivity index (χ4n) is 2.19. The summed E-state index contributed by atoms with van der Waals surface area (Å²) in [6.07, 6.45) is 0.455. The first kappa shape index (κ1) is 20.1. The Balaban J connectivity index is 2.95. The number of carboxylic acid groups (broad SMARTS) is 1. The van der Waals surface area contributed by atoms with Crippen molar-refractivity contribution < 1.29 is 27.9 Å². The molecule has 1 N–H and O–H groups in total. The van der Waals surface area contributed by atoms with Crippen molar-refractivity contribution in [2.75, 3.05) is 13.2 Å². The van der Waals surface area contributed by atoms with Gasteiger partial charge in [0.15, 0.2) is 0 Å². The monoisotopic (exact) mass is 357 g/mol. The minimum Gasteiger partial charge on any atom is -0.478 e. The molecule has 0 amide bonds. The van der Waals surface area contributed by atoms with Crippen molar-refractivity contribution in [1.29, 1.82) is 0 Å². The number of ether oxygens (including phenoxy) is 1. The van der Waals surface area contributed by atoms with Gasteiger partial charge in [0.1, 0.15) is 0 Å². The van der Waals surface area contributed by atoms with Crippen LogP contribution in [0.5, 0.6) is 0 Å². The van der Waals surface area contributed by atoms with Crippen LogP contribution >= 0.6 is 0 Å². The van der Waals surface area contributed by atoms with E-state index in [-0.39, 0.29) is 42.0 Å². The van der Waals surface area contributed by atoms with Gasteiger partial charge in [-0.3, -0.25) is 4.79 Å². The molecule has 1 rings (SSSR count). The lowest BCUT2D eigenvalue weighted by atomic mass is 10.2. The van der Waals surface area contributed by atoms with Crippen LogP contribution in [0.15, 0.2) is 29.2 Å². The molecule has 0 saturated carbocycles. The molecule has 0 radical (unpaired) electrons. The fourth-order valence-corrected chi connectivity index (χ4v) is 3.92. The minimum atomic E-state index is -3.85. The van der Waals surface area contributed by atoms with Gasteiger partial charge in [-0.05, 0) is 45.4 Å². The summed E-state index contributed by atoms with van der Waals surface area (Å²) in [6.45, 7) is 5.59. The van der Waals surface area contributed by atoms with Crippen molar-refractivity contribution in [2.45, 2.75) is 44.6 Å². The predicted octanol–water partition coefficient (Wildman–Crippen LogP) is 2.13. The van der Waals surface area contributed by atoms with Crippen LogP contribution in [0.1, 0.15) is 44.0 Å². The predicted molar refractivity (Wildman–Crippen MR) is 88.3 cm³/mol. The molecule has 134 valence electrons. The van der Waals surface area contributed by atoms with Gasteiger partial charge in [-0.1, -0.05) is 6.07 Å². The van der Waals surface area contributed by atoms with E-state index in [4.69, 9.17) is 9.84 Å². The maximum absolute atomic E-state index is 12.8. The molecule has 0 heterocycles. The molecule has 0 spiro atoms. The summed E-state index contributed by atoms with van der Waals surface area (Å²) >= 11 is 0. The van der Waals surface area contributed by atoms with Crippen LogP contribution < -0.4 is 0 Å². The summed E-state index contributed by atoms with van der Waals surface area (Å²) in [5, 5.41) is 9.02. The number of rotatable bonds is 9. The highest BCUT2D eigenvalue weighted by atomic mass is 32.2. The first-order chi connectivity index (χ1) is 11.2. The highest BCUT2D eigenvalue weighted by Crippen LogP contribution is 2.20. The highest BCUT2D eigenvalue weighted by molar-refractivity contribution is 7.89. The molecule has 0 fully saturated rings. The van der Waals surface area contributed by atoms with Gasteiger partial charge >= 0.3 is 11.9 Å². The number of hydrogen-bond acceptors (Lipinski definition) is 5. The summed E-state index contributed by atoms with van der Waals surface area (Å²) in [7, 11) is -3.85. The van der Waals surface area contributed by atoms with Gasteiger partial charge in [0.25, 0.3) is 0 Å². The lowest BCUT2D eigenvalue weighted by Gasteiger charge is -2.26. The maximum Gasteiger partial charge on any atom is 0.335 e. The molecule has 7 nitrogen and oxygen atoms in total. The van der Waals surface area contributed by atoms with Crippen molar-refractivity contribution in [3.8, 4) is 0 Å². The van der Waals surface area contributed by atoms with Crippen molar-refractivity contribution in [1.82, 2.24) is 4.31 Å². The number of carbonyl (C=O) groups excluding carboxylic acids is 1. The Morgan fingerprint density at radius 3 is 2.50 bits per heavy atom. The van der Waals surface area contributed by atoms with Crippen LogP contribution in [0.25, 0.3) is 0 Å². The van der Waals surface area contributed by atoms with Crippen LogP contribution in [-0.2, 0) is 19.6 Å². The standard InChI is InChI=1S/C16H23NO6S/c1-4-23-15(18)9-6-10-17(12(2)3)24(21,22)14-8-5-7-13(11-14)16(19)20/h5,7-8,11-12H,4,6,9-10H2,1-3H3,(H,19,20). The number of esters is 1. The highest BCUT2D eigenvalue weighted by Gasteiger charge is 2.27. The van der Waals surface area contributed by atoms with Crippen LogP contribution in [0.3, 0.4) is 0 Å². The van der Waals surface area contributed by atoms with Gasteiger partial charge < -0.3 is 9.84 Å². The number of benzene rings is 1. The number of carbonyl (C=O) groups is 2. The molecule has 0 aliphatic carbocycles. The smallest absolute Gasteiger partial charge is 0.335 e. The quantitative estimate of drug-likeness (QED) is 0.680. The van der Waals surface area contributed by atoms with Crippen molar-refractivity contribution in [2.24, 2.45) is 0 Å². The Morgan fingerprint density at radius 2 is 1.96 bits per heavy atom. The fraction of sp³-hybridized carbons (Fsp3) is 0.500. The van der Waals surface area contributed by atoms with Crippen molar-refractivity contribution >= 4 is 22.0 Å². The third-order valence-corrected chi connectivity index (χ3v) is 5.40. The van der Waals surface area contributed by atoms with Gasteiger partial charge in [0.05, 0.1) is 17.1 Å². The Kier molecular flexibility index (Phi) is 7.37. The zero-order valence-corrected chi connectivity index (χ0v) is 14.9. The second kappa shape index (κ2) is 8.79. The molecule has 0 aliphatic heterocycles. The first-order valence-corrected chi connectivity index (χ1v) is 9.15. The summed E-state index contributed by atoms with van der Waals surface area (Å²) in [5.74, 6) is -1.56. The third-order valence-electron chi connectivity index (χ3n) is 3.33. The van der Waals surface area contributed by atoms with E-state index >= 15 is 0 Å². The molecule has 0 aliphatic rings. The zero-order chi connectivity index (χ0) is 18.3. The van der Waals surface area contributed by atoms with Gasteiger partial charge in [-0.15, -0.1) is 0 Å². The number of nitrogens with zero attached hydrogens (tertiary/aromatic N) is 1.